The first kappa shape index (κ1) is 11.7. The number of aliphatic hydroxyl groups excluding tert-OH is 1. The molecule has 0 aliphatic carbocycles. The van der Waals surface area contributed by atoms with Crippen LogP contribution in [-0.2, 0) is 13.7 Å². The summed E-state index contributed by atoms with van der Waals surface area (Å²) in [5, 5.41) is 9.02. The monoisotopic (exact) mass is 194 g/mol. The van der Waals surface area contributed by atoms with Gasteiger partial charge in [-0.15, -0.1) is 0 Å². The molecule has 0 radical (unpaired) electrons. The van der Waals surface area contributed by atoms with Gasteiger partial charge in [0, 0.05) is 6.42 Å². The van der Waals surface area contributed by atoms with Gasteiger partial charge in [0.25, 0.3) is 0 Å². The molecule has 0 bridgehead atoms. The van der Waals surface area contributed by atoms with Crippen molar-refractivity contribution in [3.63, 3.8) is 0 Å². The van der Waals surface area contributed by atoms with Crippen molar-refractivity contribution < 1.29 is 18.8 Å². The van der Waals surface area contributed by atoms with Crippen LogP contribution >= 0.6 is 12.9 Å². The number of esters is 1. The van der Waals surface area contributed by atoms with Crippen LogP contribution < -0.4 is 0 Å². The maximum Gasteiger partial charge on any atom is 0.305 e. The highest BCUT2D eigenvalue weighted by molar-refractivity contribution is 7.75. The Morgan fingerprint density at radius 2 is 2.25 bits per heavy atom. The number of hydrogen-bond acceptors (Lipinski definition) is 5. The lowest BCUT2D eigenvalue weighted by atomic mass is 10.3. The molecule has 4 nitrogen and oxygen atoms in total. The fraction of sp³-hybridized carbons (Fsp3) is 0.857. The summed E-state index contributed by atoms with van der Waals surface area (Å²) in [7, 11) is 0. The van der Waals surface area contributed by atoms with Gasteiger partial charge in [-0.25, -0.2) is 0 Å². The summed E-state index contributed by atoms with van der Waals surface area (Å²) in [6.45, 7) is 1.91. The largest absolute Gasteiger partial charge is 0.463 e. The molecule has 1 unspecified atom stereocenters. The Bertz CT molecular complexity index is 129. The number of hydrogen-bond donors (Lipinski definition) is 2. The van der Waals surface area contributed by atoms with Crippen LogP contribution in [0.2, 0.25) is 0 Å². The van der Waals surface area contributed by atoms with Crippen molar-refractivity contribution in [1.82, 2.24) is 0 Å². The Morgan fingerprint density at radius 3 is 2.75 bits per heavy atom. The fourth-order valence-corrected chi connectivity index (χ4v) is 0.772. The van der Waals surface area contributed by atoms with Crippen LogP contribution in [0.5, 0.6) is 0 Å². The van der Waals surface area contributed by atoms with E-state index >= 15 is 0 Å². The van der Waals surface area contributed by atoms with E-state index in [4.69, 9.17) is 9.84 Å². The second kappa shape index (κ2) is 7.39. The molecule has 0 aliphatic rings. The minimum Gasteiger partial charge on any atom is -0.463 e. The van der Waals surface area contributed by atoms with Gasteiger partial charge in [0.05, 0.1) is 6.61 Å². The van der Waals surface area contributed by atoms with Gasteiger partial charge >= 0.3 is 5.97 Å². The van der Waals surface area contributed by atoms with Gasteiger partial charge in [0.2, 0.25) is 0 Å². The molecule has 0 amide bonds. The van der Waals surface area contributed by atoms with Crippen molar-refractivity contribution >= 4 is 18.9 Å². The number of carbonyl (C=O) groups is 1. The van der Waals surface area contributed by atoms with E-state index in [0.29, 0.717) is 6.42 Å². The molecule has 0 saturated heterocycles. The van der Waals surface area contributed by atoms with Crippen LogP contribution in [0.3, 0.4) is 0 Å². The molecule has 0 heterocycles. The summed E-state index contributed by atoms with van der Waals surface area (Å²) >= 11 is 3.45. The second-order valence-corrected chi connectivity index (χ2v) is 2.64. The normalized spacial score (nSPS) is 12.6. The van der Waals surface area contributed by atoms with Crippen molar-refractivity contribution in [2.45, 2.75) is 25.9 Å². The third-order valence-electron chi connectivity index (χ3n) is 1.16. The first-order valence-electron chi connectivity index (χ1n) is 3.80. The van der Waals surface area contributed by atoms with Gasteiger partial charge in [0.15, 0.2) is 0 Å². The molecule has 0 aromatic rings. The standard InChI is InChI=1S/C7H14O4S/c1-2-3-7(9)10-4-6(8)5-11-12/h6,8,12H,2-5H2,1H3. The van der Waals surface area contributed by atoms with E-state index in [1.165, 1.54) is 0 Å². The quantitative estimate of drug-likeness (QED) is 0.368. The van der Waals surface area contributed by atoms with Crippen molar-refractivity contribution in [1.29, 1.82) is 0 Å². The molecule has 0 aromatic heterocycles. The lowest BCUT2D eigenvalue weighted by Gasteiger charge is -2.08. The maximum atomic E-state index is 10.8. The Morgan fingerprint density at radius 1 is 1.58 bits per heavy atom. The second-order valence-electron chi connectivity index (χ2n) is 2.38. The lowest BCUT2D eigenvalue weighted by Crippen LogP contribution is -2.22. The zero-order valence-electron chi connectivity index (χ0n) is 7.02. The maximum absolute atomic E-state index is 10.8. The van der Waals surface area contributed by atoms with Crippen LogP contribution in [0.4, 0.5) is 0 Å². The van der Waals surface area contributed by atoms with E-state index in [1.54, 1.807) is 0 Å². The molecule has 1 atom stereocenters. The molecule has 0 spiro atoms. The topological polar surface area (TPSA) is 55.8 Å². The number of carbonyl (C=O) groups excluding carboxylic acids is 1. The van der Waals surface area contributed by atoms with Crippen molar-refractivity contribution in [3.05, 3.63) is 0 Å². The smallest absolute Gasteiger partial charge is 0.305 e. The van der Waals surface area contributed by atoms with E-state index in [-0.39, 0.29) is 19.2 Å². The third-order valence-corrected chi connectivity index (χ3v) is 1.31. The summed E-state index contributed by atoms with van der Waals surface area (Å²) in [5.41, 5.74) is 0. The molecule has 0 fully saturated rings. The van der Waals surface area contributed by atoms with Gasteiger partial charge in [-0.05, 0) is 19.3 Å². The van der Waals surface area contributed by atoms with E-state index < -0.39 is 6.10 Å². The molecular weight excluding hydrogens is 180 g/mol. The van der Waals surface area contributed by atoms with Crippen LogP contribution in [0.25, 0.3) is 0 Å². The number of aliphatic hydroxyl groups is 1. The lowest BCUT2D eigenvalue weighted by molar-refractivity contribution is -0.147. The van der Waals surface area contributed by atoms with Crippen LogP contribution in [0, 0.1) is 0 Å². The molecule has 0 saturated carbocycles. The molecule has 0 aliphatic heterocycles. The van der Waals surface area contributed by atoms with Gasteiger partial charge in [0.1, 0.15) is 12.7 Å². The Labute approximate surface area is 77.5 Å². The van der Waals surface area contributed by atoms with Gasteiger partial charge in [-0.1, -0.05) is 6.92 Å². The van der Waals surface area contributed by atoms with E-state index in [9.17, 15) is 4.79 Å². The minimum absolute atomic E-state index is 0.0284. The Kier molecular flexibility index (Phi) is 7.23. The fourth-order valence-electron chi connectivity index (χ4n) is 0.600. The average Bonchev–Trinajstić information content (AvgIpc) is 2.02. The predicted molar refractivity (Wildman–Crippen MR) is 46.8 cm³/mol. The summed E-state index contributed by atoms with van der Waals surface area (Å²) in [5.74, 6) is -0.296. The van der Waals surface area contributed by atoms with Crippen LogP contribution in [0.1, 0.15) is 19.8 Å². The highest BCUT2D eigenvalue weighted by Crippen LogP contribution is 1.94. The molecule has 72 valence electrons. The molecular formula is C7H14O4S. The summed E-state index contributed by atoms with van der Waals surface area (Å²) in [6, 6.07) is 0. The highest BCUT2D eigenvalue weighted by atomic mass is 32.1. The van der Waals surface area contributed by atoms with E-state index in [2.05, 4.69) is 17.1 Å². The summed E-state index contributed by atoms with van der Waals surface area (Å²) < 4.78 is 9.04. The van der Waals surface area contributed by atoms with Gasteiger partial charge in [-0.3, -0.25) is 4.79 Å². The number of rotatable bonds is 6. The molecule has 12 heavy (non-hydrogen) atoms. The summed E-state index contributed by atoms with van der Waals surface area (Å²) in [4.78, 5) is 10.8. The van der Waals surface area contributed by atoms with E-state index in [0.717, 1.165) is 6.42 Å². The first-order chi connectivity index (χ1) is 5.70. The predicted octanol–water partition coefficient (Wildman–Crippen LogP) is 0.552. The van der Waals surface area contributed by atoms with Crippen LogP contribution in [0.15, 0.2) is 0 Å². The van der Waals surface area contributed by atoms with Crippen molar-refractivity contribution in [2.24, 2.45) is 0 Å². The summed E-state index contributed by atoms with van der Waals surface area (Å²) in [6.07, 6.45) is 0.343. The highest BCUT2D eigenvalue weighted by Gasteiger charge is 2.07. The third kappa shape index (κ3) is 6.45. The van der Waals surface area contributed by atoms with E-state index in [1.807, 2.05) is 6.92 Å². The number of ether oxygens (including phenoxy) is 1. The zero-order valence-corrected chi connectivity index (χ0v) is 7.92. The molecule has 0 aromatic carbocycles. The average molecular weight is 194 g/mol. The van der Waals surface area contributed by atoms with Crippen LogP contribution in [-0.4, -0.2) is 30.4 Å². The SMILES string of the molecule is CCCC(=O)OCC(O)COS. The Balaban J connectivity index is 3.33. The number of thiol groups is 1. The zero-order chi connectivity index (χ0) is 9.40. The first-order valence-corrected chi connectivity index (χ1v) is 4.17. The Hall–Kier alpha value is -0.260. The molecule has 5 heteroatoms. The van der Waals surface area contributed by atoms with Crippen molar-refractivity contribution in [3.8, 4) is 0 Å². The van der Waals surface area contributed by atoms with Gasteiger partial charge in [-0.2, -0.15) is 0 Å². The van der Waals surface area contributed by atoms with Crippen molar-refractivity contribution in [2.75, 3.05) is 13.2 Å². The minimum atomic E-state index is -0.789. The molecule has 1 N–H and O–H groups in total. The van der Waals surface area contributed by atoms with Gasteiger partial charge < -0.3 is 14.0 Å². The molecule has 0 rings (SSSR count).